The third-order valence-electron chi connectivity index (χ3n) is 4.40. The number of thiocarbonyl (C=S) groups is 1. The van der Waals surface area contributed by atoms with E-state index < -0.39 is 0 Å². The largest absolute Gasteiger partial charge is 0.351 e. The molecule has 7 heteroatoms. The van der Waals surface area contributed by atoms with Crippen molar-refractivity contribution in [1.29, 1.82) is 0 Å². The predicted molar refractivity (Wildman–Crippen MR) is 111 cm³/mol. The fraction of sp³-hybridized carbons (Fsp3) is 0.158. The van der Waals surface area contributed by atoms with Crippen molar-refractivity contribution in [2.24, 2.45) is 0 Å². The van der Waals surface area contributed by atoms with Crippen molar-refractivity contribution in [1.82, 2.24) is 10.3 Å². The Kier molecular flexibility index (Phi) is 4.77. The third kappa shape index (κ3) is 3.15. The van der Waals surface area contributed by atoms with Gasteiger partial charge in [-0.3, -0.25) is 4.98 Å². The summed E-state index contributed by atoms with van der Waals surface area (Å²) in [4.78, 5) is 7.73. The number of halogens is 2. The second kappa shape index (κ2) is 7.06. The zero-order chi connectivity index (χ0) is 18.3. The summed E-state index contributed by atoms with van der Waals surface area (Å²) >= 11 is 10.9. The zero-order valence-corrected chi connectivity index (χ0v) is 17.0. The van der Waals surface area contributed by atoms with Crippen LogP contribution >= 0.6 is 39.5 Å². The molecule has 3 nitrogen and oxygen atoms in total. The lowest BCUT2D eigenvalue weighted by Crippen LogP contribution is -2.29. The molecule has 132 valence electrons. The number of benzene rings is 1. The lowest BCUT2D eigenvalue weighted by atomic mass is 10.0. The highest BCUT2D eigenvalue weighted by molar-refractivity contribution is 9.10. The van der Waals surface area contributed by atoms with E-state index in [1.54, 1.807) is 30.5 Å². The van der Waals surface area contributed by atoms with E-state index in [4.69, 9.17) is 12.2 Å². The molecule has 4 rings (SSSR count). The van der Waals surface area contributed by atoms with Gasteiger partial charge in [0.15, 0.2) is 5.11 Å². The minimum atomic E-state index is -0.219. The Balaban J connectivity index is 1.83. The fourth-order valence-corrected chi connectivity index (χ4v) is 5.10. The number of hydrogen-bond donors (Lipinski definition) is 1. The maximum atomic E-state index is 13.8. The van der Waals surface area contributed by atoms with Crippen molar-refractivity contribution in [3.63, 3.8) is 0 Å². The van der Waals surface area contributed by atoms with E-state index >= 15 is 0 Å². The number of rotatable bonds is 3. The Morgan fingerprint density at radius 3 is 2.77 bits per heavy atom. The highest BCUT2D eigenvalue weighted by atomic mass is 79.9. The van der Waals surface area contributed by atoms with Gasteiger partial charge in [-0.05, 0) is 77.0 Å². The molecule has 1 aliphatic rings. The number of nitrogens with one attached hydrogen (secondary N) is 1. The molecule has 2 atom stereocenters. The van der Waals surface area contributed by atoms with Gasteiger partial charge in [0, 0.05) is 26.6 Å². The van der Waals surface area contributed by atoms with Crippen LogP contribution in [0.1, 0.15) is 28.2 Å². The second-order valence-electron chi connectivity index (χ2n) is 6.10. The average molecular weight is 448 g/mol. The summed E-state index contributed by atoms with van der Waals surface area (Å²) in [5, 5.41) is 6.07. The molecule has 2 aromatic heterocycles. The minimum Gasteiger partial charge on any atom is -0.351 e. The van der Waals surface area contributed by atoms with Gasteiger partial charge in [0.25, 0.3) is 0 Å². The van der Waals surface area contributed by atoms with Crippen molar-refractivity contribution >= 4 is 50.3 Å². The molecule has 0 aliphatic carbocycles. The Labute approximate surface area is 169 Å². The number of pyridine rings is 1. The Morgan fingerprint density at radius 2 is 2.12 bits per heavy atom. The maximum Gasteiger partial charge on any atom is 0.174 e. The number of aromatic nitrogens is 1. The molecule has 0 spiro atoms. The third-order valence-corrected chi connectivity index (χ3v) is 6.48. The van der Waals surface area contributed by atoms with Crippen molar-refractivity contribution in [3.8, 4) is 0 Å². The molecule has 3 aromatic rings. The summed E-state index contributed by atoms with van der Waals surface area (Å²) in [5.41, 5.74) is 2.39. The molecule has 3 heterocycles. The molecule has 0 amide bonds. The summed E-state index contributed by atoms with van der Waals surface area (Å²) in [6, 6.07) is 12.9. The first-order valence-corrected chi connectivity index (χ1v) is 10.1. The molecule has 0 radical (unpaired) electrons. The lowest BCUT2D eigenvalue weighted by molar-refractivity contribution is 0.574. The van der Waals surface area contributed by atoms with E-state index in [1.807, 2.05) is 24.3 Å². The first-order chi connectivity index (χ1) is 12.5. The number of hydrogen-bond acceptors (Lipinski definition) is 3. The van der Waals surface area contributed by atoms with Crippen LogP contribution in [0.4, 0.5) is 10.1 Å². The van der Waals surface area contributed by atoms with Gasteiger partial charge in [0.1, 0.15) is 5.82 Å². The summed E-state index contributed by atoms with van der Waals surface area (Å²) in [5.74, 6) is -0.219. The molecule has 0 unspecified atom stereocenters. The van der Waals surface area contributed by atoms with Gasteiger partial charge in [-0.1, -0.05) is 6.07 Å². The van der Waals surface area contributed by atoms with Crippen molar-refractivity contribution in [2.45, 2.75) is 19.0 Å². The summed E-state index contributed by atoms with van der Waals surface area (Å²) in [6.45, 7) is 1.76. The zero-order valence-electron chi connectivity index (χ0n) is 13.8. The average Bonchev–Trinajstić information content (AvgIpc) is 3.21. The second-order valence-corrected chi connectivity index (χ2v) is 8.34. The molecular weight excluding hydrogens is 433 g/mol. The molecule has 1 aliphatic heterocycles. The highest BCUT2D eigenvalue weighted by Crippen LogP contribution is 2.44. The number of thiophene rings is 1. The van der Waals surface area contributed by atoms with Gasteiger partial charge in [-0.15, -0.1) is 11.3 Å². The van der Waals surface area contributed by atoms with Gasteiger partial charge in [-0.25, -0.2) is 4.39 Å². The first kappa shape index (κ1) is 17.6. The Bertz CT molecular complexity index is 960. The standard InChI is InChI=1S/C19H15BrFN3S2/c1-11-8-13(5-6-14(11)21)24-18(16-9-12(20)10-26-16)17(23-19(24)25)15-4-2-3-7-22-15/h2-10,17-18H,1H3,(H,23,25)/t17-,18-/m0/s1. The molecular formula is C19H15BrFN3S2. The van der Waals surface area contributed by atoms with E-state index in [0.717, 1.165) is 20.7 Å². The minimum absolute atomic E-state index is 0.0569. The van der Waals surface area contributed by atoms with E-state index in [-0.39, 0.29) is 17.9 Å². The molecule has 1 aromatic carbocycles. The van der Waals surface area contributed by atoms with Crippen LogP contribution in [0.2, 0.25) is 0 Å². The number of aryl methyl sites for hydroxylation is 1. The van der Waals surface area contributed by atoms with Crippen LogP contribution in [-0.2, 0) is 0 Å². The van der Waals surface area contributed by atoms with E-state index in [1.165, 1.54) is 6.07 Å². The highest BCUT2D eigenvalue weighted by Gasteiger charge is 2.41. The van der Waals surface area contributed by atoms with Crippen molar-refractivity contribution < 1.29 is 4.39 Å². The van der Waals surface area contributed by atoms with Gasteiger partial charge in [0.2, 0.25) is 0 Å². The molecule has 1 saturated heterocycles. The van der Waals surface area contributed by atoms with Crippen molar-refractivity contribution in [2.75, 3.05) is 4.90 Å². The van der Waals surface area contributed by atoms with Crippen LogP contribution < -0.4 is 10.2 Å². The maximum absolute atomic E-state index is 13.8. The van der Waals surface area contributed by atoms with Crippen LogP contribution in [0.5, 0.6) is 0 Å². The molecule has 0 saturated carbocycles. The van der Waals surface area contributed by atoms with E-state index in [2.05, 4.69) is 42.6 Å². The number of nitrogens with zero attached hydrogens (tertiary/aromatic N) is 2. The van der Waals surface area contributed by atoms with Crippen LogP contribution in [0.15, 0.2) is 58.5 Å². The smallest absolute Gasteiger partial charge is 0.174 e. The van der Waals surface area contributed by atoms with Gasteiger partial charge in [0.05, 0.1) is 17.8 Å². The topological polar surface area (TPSA) is 28.2 Å². The van der Waals surface area contributed by atoms with Crippen LogP contribution in [0, 0.1) is 12.7 Å². The fourth-order valence-electron chi connectivity index (χ4n) is 3.18. The summed E-state index contributed by atoms with van der Waals surface area (Å²) < 4.78 is 14.8. The SMILES string of the molecule is Cc1cc(N2C(=S)N[C@@H](c3ccccn3)[C@@H]2c2cc(Br)cs2)ccc1F. The molecule has 1 N–H and O–H groups in total. The van der Waals surface area contributed by atoms with Crippen molar-refractivity contribution in [3.05, 3.63) is 80.5 Å². The Morgan fingerprint density at radius 1 is 1.27 bits per heavy atom. The van der Waals surface area contributed by atoms with Gasteiger partial charge in [-0.2, -0.15) is 0 Å². The van der Waals surface area contributed by atoms with Crippen LogP contribution in [-0.4, -0.2) is 10.1 Å². The number of anilines is 1. The molecule has 0 bridgehead atoms. The molecule has 26 heavy (non-hydrogen) atoms. The summed E-state index contributed by atoms with van der Waals surface area (Å²) in [7, 11) is 0. The first-order valence-electron chi connectivity index (χ1n) is 8.05. The Hall–Kier alpha value is -1.83. The predicted octanol–water partition coefficient (Wildman–Crippen LogP) is 5.53. The van der Waals surface area contributed by atoms with Crippen LogP contribution in [0.25, 0.3) is 0 Å². The normalized spacial score (nSPS) is 19.7. The van der Waals surface area contributed by atoms with E-state index in [9.17, 15) is 4.39 Å². The van der Waals surface area contributed by atoms with Crippen LogP contribution in [0.3, 0.4) is 0 Å². The van der Waals surface area contributed by atoms with E-state index in [0.29, 0.717) is 10.7 Å². The quantitative estimate of drug-likeness (QED) is 0.534. The monoisotopic (exact) mass is 447 g/mol. The lowest BCUT2D eigenvalue weighted by Gasteiger charge is -2.27. The summed E-state index contributed by atoms with van der Waals surface area (Å²) in [6.07, 6.45) is 1.78. The van der Waals surface area contributed by atoms with Gasteiger partial charge >= 0.3 is 0 Å². The van der Waals surface area contributed by atoms with Gasteiger partial charge < -0.3 is 10.2 Å². The molecule has 1 fully saturated rings.